The fraction of sp³-hybridized carbons (Fsp3) is 0.381. The van der Waals surface area contributed by atoms with Crippen molar-refractivity contribution in [3.8, 4) is 0 Å². The zero-order valence-electron chi connectivity index (χ0n) is 16.2. The minimum absolute atomic E-state index is 0.100. The third-order valence-corrected chi connectivity index (χ3v) is 5.58. The quantitative estimate of drug-likeness (QED) is 0.633. The van der Waals surface area contributed by atoms with Crippen molar-refractivity contribution in [2.24, 2.45) is 5.92 Å². The molecule has 0 spiro atoms. The molecule has 0 atom stereocenters. The van der Waals surface area contributed by atoms with E-state index in [9.17, 15) is 14.4 Å². The largest absolute Gasteiger partial charge is 0.355 e. The number of amides is 1. The Hall–Kier alpha value is -2.67. The monoisotopic (exact) mass is 399 g/mol. The van der Waals surface area contributed by atoms with E-state index in [1.54, 1.807) is 35.6 Å². The first-order valence-corrected chi connectivity index (χ1v) is 10.4. The first-order valence-electron chi connectivity index (χ1n) is 9.49. The van der Waals surface area contributed by atoms with Gasteiger partial charge >= 0.3 is 5.69 Å². The number of benzene rings is 1. The van der Waals surface area contributed by atoms with Crippen molar-refractivity contribution in [3.05, 3.63) is 67.5 Å². The fourth-order valence-corrected chi connectivity index (χ4v) is 3.80. The van der Waals surface area contributed by atoms with Crippen LogP contribution in [0.2, 0.25) is 0 Å². The Balaban J connectivity index is 1.93. The van der Waals surface area contributed by atoms with E-state index in [2.05, 4.69) is 19.2 Å². The highest BCUT2D eigenvalue weighted by Gasteiger charge is 2.15. The van der Waals surface area contributed by atoms with E-state index in [1.165, 1.54) is 9.13 Å². The molecule has 6 nitrogen and oxygen atoms in total. The average Bonchev–Trinajstić information content (AvgIpc) is 3.18. The molecule has 0 fully saturated rings. The summed E-state index contributed by atoms with van der Waals surface area (Å²) in [5.74, 6) is 0.263. The lowest BCUT2D eigenvalue weighted by Crippen LogP contribution is -2.43. The Kier molecular flexibility index (Phi) is 6.46. The van der Waals surface area contributed by atoms with Gasteiger partial charge in [-0.05, 0) is 42.3 Å². The van der Waals surface area contributed by atoms with Gasteiger partial charge in [0.15, 0.2) is 0 Å². The van der Waals surface area contributed by atoms with Crippen molar-refractivity contribution in [2.45, 2.75) is 39.8 Å². The molecule has 148 valence electrons. The summed E-state index contributed by atoms with van der Waals surface area (Å²) in [4.78, 5) is 39.4. The third kappa shape index (κ3) is 4.59. The van der Waals surface area contributed by atoms with Crippen LogP contribution in [-0.4, -0.2) is 21.6 Å². The Bertz CT molecular complexity index is 1060. The topological polar surface area (TPSA) is 73.1 Å². The number of aromatic nitrogens is 2. The van der Waals surface area contributed by atoms with Crippen LogP contribution in [0.4, 0.5) is 0 Å². The molecule has 7 heteroatoms. The van der Waals surface area contributed by atoms with Gasteiger partial charge in [0, 0.05) is 18.0 Å². The number of hydrogen-bond donors (Lipinski definition) is 1. The van der Waals surface area contributed by atoms with Gasteiger partial charge in [-0.2, -0.15) is 0 Å². The molecule has 0 bridgehead atoms. The average molecular weight is 400 g/mol. The molecule has 0 radical (unpaired) electrons. The Morgan fingerprint density at radius 3 is 2.61 bits per heavy atom. The number of para-hydroxylation sites is 1. The van der Waals surface area contributed by atoms with Crippen molar-refractivity contribution in [1.82, 2.24) is 14.5 Å². The molecule has 3 rings (SSSR count). The molecule has 0 saturated carbocycles. The Labute approximate surface area is 167 Å². The second kappa shape index (κ2) is 9.01. The van der Waals surface area contributed by atoms with Gasteiger partial charge in [0.2, 0.25) is 5.91 Å². The minimum atomic E-state index is -0.445. The lowest BCUT2D eigenvalue weighted by Gasteiger charge is -2.14. The molecule has 0 saturated heterocycles. The number of carbonyl (C=O) groups excluding carboxylic acids is 1. The van der Waals surface area contributed by atoms with Crippen LogP contribution in [0, 0.1) is 5.92 Å². The third-order valence-electron chi connectivity index (χ3n) is 4.64. The molecule has 2 aromatic heterocycles. The van der Waals surface area contributed by atoms with Crippen molar-refractivity contribution < 1.29 is 4.79 Å². The molecule has 0 unspecified atom stereocenters. The summed E-state index contributed by atoms with van der Waals surface area (Å²) in [7, 11) is 0. The number of nitrogens with zero attached hydrogens (tertiary/aromatic N) is 2. The van der Waals surface area contributed by atoms with Gasteiger partial charge < -0.3 is 5.32 Å². The van der Waals surface area contributed by atoms with E-state index in [1.807, 2.05) is 17.5 Å². The number of thiophene rings is 1. The molecule has 28 heavy (non-hydrogen) atoms. The van der Waals surface area contributed by atoms with Crippen LogP contribution in [0.25, 0.3) is 10.9 Å². The van der Waals surface area contributed by atoms with Crippen molar-refractivity contribution >= 4 is 28.1 Å². The summed E-state index contributed by atoms with van der Waals surface area (Å²) < 4.78 is 2.64. The highest BCUT2D eigenvalue weighted by molar-refractivity contribution is 7.09. The van der Waals surface area contributed by atoms with Gasteiger partial charge in [-0.1, -0.05) is 32.0 Å². The van der Waals surface area contributed by atoms with E-state index < -0.39 is 5.69 Å². The van der Waals surface area contributed by atoms with Crippen molar-refractivity contribution in [1.29, 1.82) is 0 Å². The standard InChI is InChI=1S/C21H25N3O3S/c1-15(2)9-11-22-19(25)14-24-18-8-4-3-7-17(18)20(26)23(21(24)27)12-10-16-6-5-13-28-16/h3-8,13,15H,9-12,14H2,1-2H3,(H,22,25). The highest BCUT2D eigenvalue weighted by atomic mass is 32.1. The van der Waals surface area contributed by atoms with E-state index >= 15 is 0 Å². The second-order valence-electron chi connectivity index (χ2n) is 7.20. The van der Waals surface area contributed by atoms with Gasteiger partial charge in [-0.15, -0.1) is 11.3 Å². The SMILES string of the molecule is CC(C)CCNC(=O)Cn1c(=O)n(CCc2cccs2)c(=O)c2ccccc21. The lowest BCUT2D eigenvalue weighted by atomic mass is 10.1. The van der Waals surface area contributed by atoms with E-state index in [-0.39, 0.29) is 24.6 Å². The maximum Gasteiger partial charge on any atom is 0.331 e. The van der Waals surface area contributed by atoms with Crippen LogP contribution in [0.15, 0.2) is 51.4 Å². The van der Waals surface area contributed by atoms with Crippen LogP contribution in [0.1, 0.15) is 25.1 Å². The number of nitrogens with one attached hydrogen (secondary N) is 1. The molecular formula is C21H25N3O3S. The second-order valence-corrected chi connectivity index (χ2v) is 8.24. The summed E-state index contributed by atoms with van der Waals surface area (Å²) in [5.41, 5.74) is -0.267. The predicted molar refractivity (Wildman–Crippen MR) is 113 cm³/mol. The summed E-state index contributed by atoms with van der Waals surface area (Å²) in [6.45, 7) is 4.94. The highest BCUT2D eigenvalue weighted by Crippen LogP contribution is 2.11. The molecular weight excluding hydrogens is 374 g/mol. The van der Waals surface area contributed by atoms with Crippen LogP contribution >= 0.6 is 11.3 Å². The predicted octanol–water partition coefficient (Wildman–Crippen LogP) is 2.63. The van der Waals surface area contributed by atoms with Gasteiger partial charge in [0.05, 0.1) is 10.9 Å². The number of carbonyl (C=O) groups is 1. The zero-order valence-corrected chi connectivity index (χ0v) is 17.0. The first-order chi connectivity index (χ1) is 13.5. The number of hydrogen-bond acceptors (Lipinski definition) is 4. The normalized spacial score (nSPS) is 11.2. The van der Waals surface area contributed by atoms with Crippen LogP contribution in [0.3, 0.4) is 0 Å². The van der Waals surface area contributed by atoms with Gasteiger partial charge in [0.1, 0.15) is 6.54 Å². The Morgan fingerprint density at radius 1 is 1.11 bits per heavy atom. The molecule has 0 aliphatic rings. The number of rotatable bonds is 8. The minimum Gasteiger partial charge on any atom is -0.355 e. The number of fused-ring (bicyclic) bond motifs is 1. The molecule has 1 amide bonds. The van der Waals surface area contributed by atoms with Crippen LogP contribution < -0.4 is 16.6 Å². The number of aryl methyl sites for hydroxylation is 1. The summed E-state index contributed by atoms with van der Waals surface area (Å²) in [6, 6.07) is 10.9. The molecule has 1 aromatic carbocycles. The molecule has 1 N–H and O–H groups in total. The first kappa shape index (κ1) is 20.1. The molecule has 2 heterocycles. The van der Waals surface area contributed by atoms with Crippen molar-refractivity contribution in [3.63, 3.8) is 0 Å². The van der Waals surface area contributed by atoms with Crippen molar-refractivity contribution in [2.75, 3.05) is 6.54 Å². The van der Waals surface area contributed by atoms with Gasteiger partial charge in [-0.25, -0.2) is 4.79 Å². The maximum atomic E-state index is 13.0. The van der Waals surface area contributed by atoms with E-state index in [0.29, 0.717) is 29.8 Å². The van der Waals surface area contributed by atoms with Crippen LogP contribution in [0.5, 0.6) is 0 Å². The summed E-state index contributed by atoms with van der Waals surface area (Å²) in [6.07, 6.45) is 1.48. The van der Waals surface area contributed by atoms with Gasteiger partial charge in [-0.3, -0.25) is 18.7 Å². The summed E-state index contributed by atoms with van der Waals surface area (Å²) in [5, 5.41) is 5.28. The van der Waals surface area contributed by atoms with Gasteiger partial charge in [0.25, 0.3) is 5.56 Å². The fourth-order valence-electron chi connectivity index (χ4n) is 3.10. The summed E-state index contributed by atoms with van der Waals surface area (Å²) >= 11 is 1.60. The van der Waals surface area contributed by atoms with E-state index in [0.717, 1.165) is 11.3 Å². The molecule has 3 aromatic rings. The zero-order chi connectivity index (χ0) is 20.1. The van der Waals surface area contributed by atoms with E-state index in [4.69, 9.17) is 0 Å². The Morgan fingerprint density at radius 2 is 1.89 bits per heavy atom. The molecule has 0 aliphatic carbocycles. The maximum absolute atomic E-state index is 13.0. The smallest absolute Gasteiger partial charge is 0.331 e. The molecule has 0 aliphatic heterocycles. The lowest BCUT2D eigenvalue weighted by molar-refractivity contribution is -0.121. The van der Waals surface area contributed by atoms with Crippen LogP contribution in [-0.2, 0) is 24.3 Å².